The van der Waals surface area contributed by atoms with E-state index in [9.17, 15) is 19.2 Å². The summed E-state index contributed by atoms with van der Waals surface area (Å²) in [6.45, 7) is 9.51. The van der Waals surface area contributed by atoms with Crippen LogP contribution in [0, 0.1) is 11.8 Å². The van der Waals surface area contributed by atoms with E-state index in [0.717, 1.165) is 117 Å². The summed E-state index contributed by atoms with van der Waals surface area (Å²) in [6, 6.07) is 32.5. The second kappa shape index (κ2) is 15.8. The first kappa shape index (κ1) is 39.4. The predicted molar refractivity (Wildman–Crippen MR) is 244 cm³/mol. The summed E-state index contributed by atoms with van der Waals surface area (Å²) in [5.41, 5.74) is 8.44. The lowest BCUT2D eigenvalue weighted by molar-refractivity contribution is 0.0565. The number of aryl methyl sites for hydroxylation is 1. The van der Waals surface area contributed by atoms with E-state index in [4.69, 9.17) is 0 Å². The molecule has 0 saturated carbocycles. The Kier molecular flexibility index (Phi) is 10.4. The molecule has 6 aromatic carbocycles. The van der Waals surface area contributed by atoms with Crippen LogP contribution in [0.15, 0.2) is 97.1 Å². The molecule has 0 fully saturated rings. The van der Waals surface area contributed by atoms with Gasteiger partial charge in [0.2, 0.25) is 0 Å². The summed E-state index contributed by atoms with van der Waals surface area (Å²) in [4.78, 5) is 58.9. The maximum absolute atomic E-state index is 14.0. The summed E-state index contributed by atoms with van der Waals surface area (Å²) in [5.74, 6) is -0.270. The minimum atomic E-state index is -0.209. The van der Waals surface area contributed by atoms with E-state index in [1.54, 1.807) is 0 Å². The van der Waals surface area contributed by atoms with E-state index in [1.807, 2.05) is 60.7 Å². The number of imide groups is 2. The van der Waals surface area contributed by atoms with E-state index in [0.29, 0.717) is 35.3 Å². The lowest BCUT2D eigenvalue weighted by Crippen LogP contribution is -2.43. The van der Waals surface area contributed by atoms with Gasteiger partial charge in [-0.25, -0.2) is 0 Å². The Morgan fingerprint density at radius 3 is 1.22 bits per heavy atom. The van der Waals surface area contributed by atoms with Gasteiger partial charge in [0.25, 0.3) is 23.6 Å². The van der Waals surface area contributed by atoms with Crippen LogP contribution in [0.2, 0.25) is 0 Å². The molecule has 7 heteroatoms. The predicted octanol–water partition coefficient (Wildman–Crippen LogP) is 12.6. The van der Waals surface area contributed by atoms with Gasteiger partial charge in [-0.05, 0) is 106 Å². The number of hydrogen-bond donors (Lipinski definition) is 0. The maximum atomic E-state index is 14.0. The van der Waals surface area contributed by atoms with Gasteiger partial charge >= 0.3 is 0 Å². The molecule has 0 bridgehead atoms. The van der Waals surface area contributed by atoms with Crippen molar-refractivity contribution in [3.05, 3.63) is 119 Å². The third-order valence-electron chi connectivity index (χ3n) is 13.6. The summed E-state index contributed by atoms with van der Waals surface area (Å²) < 4.78 is 2.21. The Morgan fingerprint density at radius 2 is 0.833 bits per heavy atom. The SMILES string of the molecule is CCCCC(CC)CN1C(=O)c2cccc3c(-c4ccc5c(c4)c4cc(-c6ccc7c8c(cccc68)C(=O)N(CC(CC)CCCC)C7=O)ccc4n5C)ccc(c23)C1=O. The molecule has 60 heavy (non-hydrogen) atoms. The van der Waals surface area contributed by atoms with E-state index < -0.39 is 0 Å². The van der Waals surface area contributed by atoms with Crippen LogP contribution in [-0.4, -0.2) is 51.1 Å². The van der Waals surface area contributed by atoms with E-state index in [1.165, 1.54) is 9.80 Å². The fourth-order valence-electron chi connectivity index (χ4n) is 10.0. The highest BCUT2D eigenvalue weighted by molar-refractivity contribution is 6.28. The molecule has 0 N–H and O–H groups in total. The number of carbonyl (C=O) groups excluding carboxylic acids is 4. The highest BCUT2D eigenvalue weighted by atomic mass is 16.2. The van der Waals surface area contributed by atoms with Crippen molar-refractivity contribution in [2.75, 3.05) is 13.1 Å². The molecule has 0 saturated heterocycles. The molecule has 7 nitrogen and oxygen atoms in total. The smallest absolute Gasteiger partial charge is 0.261 e. The fourth-order valence-corrected chi connectivity index (χ4v) is 10.0. The second-order valence-corrected chi connectivity index (χ2v) is 17.1. The highest BCUT2D eigenvalue weighted by Gasteiger charge is 2.36. The lowest BCUT2D eigenvalue weighted by atomic mass is 9.87. The van der Waals surface area contributed by atoms with Gasteiger partial charge in [-0.15, -0.1) is 0 Å². The Hall–Kier alpha value is -6.08. The number of rotatable bonds is 14. The zero-order chi connectivity index (χ0) is 41.8. The van der Waals surface area contributed by atoms with Gasteiger partial charge in [0.05, 0.1) is 0 Å². The molecule has 3 heterocycles. The summed E-state index contributed by atoms with van der Waals surface area (Å²) in [6.07, 6.45) is 8.20. The number of hydrogen-bond acceptors (Lipinski definition) is 4. The molecule has 0 spiro atoms. The zero-order valence-electron chi connectivity index (χ0n) is 35.4. The van der Waals surface area contributed by atoms with Crippen LogP contribution in [0.1, 0.15) is 120 Å². The first-order valence-electron chi connectivity index (χ1n) is 22.1. The van der Waals surface area contributed by atoms with Crippen LogP contribution in [-0.2, 0) is 7.05 Å². The zero-order valence-corrected chi connectivity index (χ0v) is 35.4. The molecular weight excluding hydrogens is 743 g/mol. The Labute approximate surface area is 352 Å². The van der Waals surface area contributed by atoms with Crippen LogP contribution in [0.5, 0.6) is 0 Å². The molecule has 0 radical (unpaired) electrons. The molecule has 2 aliphatic rings. The molecule has 0 aliphatic carbocycles. The van der Waals surface area contributed by atoms with Crippen molar-refractivity contribution in [3.63, 3.8) is 0 Å². The molecule has 304 valence electrons. The molecule has 2 aliphatic heterocycles. The van der Waals surface area contributed by atoms with Gasteiger partial charge in [0.15, 0.2) is 0 Å². The number of unbranched alkanes of at least 4 members (excludes halogenated alkanes) is 2. The average molecular weight is 796 g/mol. The third-order valence-corrected chi connectivity index (χ3v) is 13.6. The first-order valence-corrected chi connectivity index (χ1v) is 22.1. The minimum Gasteiger partial charge on any atom is -0.344 e. The molecule has 4 amide bonds. The van der Waals surface area contributed by atoms with Crippen LogP contribution in [0.4, 0.5) is 0 Å². The topological polar surface area (TPSA) is 79.7 Å². The maximum Gasteiger partial charge on any atom is 0.261 e. The van der Waals surface area contributed by atoms with Crippen molar-refractivity contribution in [1.29, 1.82) is 0 Å². The highest BCUT2D eigenvalue weighted by Crippen LogP contribution is 2.42. The monoisotopic (exact) mass is 795 g/mol. The number of carbonyl (C=O) groups is 4. The van der Waals surface area contributed by atoms with Crippen LogP contribution in [0.25, 0.3) is 65.6 Å². The quantitative estimate of drug-likeness (QED) is 0.103. The molecule has 7 aromatic rings. The number of aromatic nitrogens is 1. The van der Waals surface area contributed by atoms with Crippen molar-refractivity contribution >= 4 is 67.0 Å². The van der Waals surface area contributed by atoms with Crippen molar-refractivity contribution in [1.82, 2.24) is 14.4 Å². The first-order chi connectivity index (χ1) is 29.2. The van der Waals surface area contributed by atoms with Crippen molar-refractivity contribution < 1.29 is 19.2 Å². The summed E-state index contributed by atoms with van der Waals surface area (Å²) >= 11 is 0. The average Bonchev–Trinajstić information content (AvgIpc) is 3.56. The van der Waals surface area contributed by atoms with E-state index in [2.05, 4.69) is 75.7 Å². The number of nitrogens with zero attached hydrogens (tertiary/aromatic N) is 3. The van der Waals surface area contributed by atoms with Gasteiger partial charge < -0.3 is 4.57 Å². The number of fused-ring (bicyclic) bond motifs is 3. The van der Waals surface area contributed by atoms with Crippen molar-refractivity contribution in [2.24, 2.45) is 18.9 Å². The molecule has 1 aromatic heterocycles. The Morgan fingerprint density at radius 1 is 0.450 bits per heavy atom. The minimum absolute atomic E-state index is 0.209. The number of amides is 4. The molecular formula is C53H53N3O4. The van der Waals surface area contributed by atoms with Gasteiger partial charge in [-0.3, -0.25) is 29.0 Å². The fraction of sp³-hybridized carbons (Fsp3) is 0.321. The van der Waals surface area contributed by atoms with Gasteiger partial charge in [-0.1, -0.05) is 115 Å². The molecule has 9 rings (SSSR count). The van der Waals surface area contributed by atoms with Gasteiger partial charge in [-0.2, -0.15) is 0 Å². The third kappa shape index (κ3) is 6.32. The van der Waals surface area contributed by atoms with Crippen LogP contribution >= 0.6 is 0 Å². The van der Waals surface area contributed by atoms with Crippen LogP contribution in [0.3, 0.4) is 0 Å². The van der Waals surface area contributed by atoms with E-state index >= 15 is 0 Å². The van der Waals surface area contributed by atoms with Gasteiger partial charge in [0, 0.05) is 75.0 Å². The summed E-state index contributed by atoms with van der Waals surface area (Å²) in [5, 5.41) is 5.41. The Balaban J connectivity index is 1.10. The number of benzene rings is 6. The Bertz CT molecular complexity index is 2660. The normalized spacial score (nSPS) is 15.0. The van der Waals surface area contributed by atoms with Crippen LogP contribution < -0.4 is 0 Å². The van der Waals surface area contributed by atoms with Crippen molar-refractivity contribution in [3.8, 4) is 22.3 Å². The van der Waals surface area contributed by atoms with Gasteiger partial charge in [0.1, 0.15) is 0 Å². The van der Waals surface area contributed by atoms with E-state index in [-0.39, 0.29) is 35.5 Å². The van der Waals surface area contributed by atoms with Crippen molar-refractivity contribution in [2.45, 2.75) is 79.1 Å². The standard InChI is InChI=1S/C53H53N3O4/c1-6-10-14-32(8-3)30-55-50(57)40-18-12-16-38-36(22-24-42(48(38)40)52(55)59)34-20-26-46-44(28-34)45-29-35(21-27-47(45)54(46)5)37-23-25-43-49-39(37)17-13-19-41(49)51(58)56(53(43)60)31-33(9-4)15-11-7-2/h12-13,16-29,32-33H,6-11,14-15,30-31H2,1-5H3. The molecule has 2 atom stereocenters. The lowest BCUT2D eigenvalue weighted by Gasteiger charge is -2.30. The second-order valence-electron chi connectivity index (χ2n) is 17.1. The molecule has 2 unspecified atom stereocenters. The largest absolute Gasteiger partial charge is 0.344 e. The summed E-state index contributed by atoms with van der Waals surface area (Å²) in [7, 11) is 2.08.